The van der Waals surface area contributed by atoms with Crippen LogP contribution in [0, 0.1) is 0 Å². The van der Waals surface area contributed by atoms with Crippen LogP contribution >= 0.6 is 27.5 Å². The highest BCUT2D eigenvalue weighted by Crippen LogP contribution is 2.36. The quantitative estimate of drug-likeness (QED) is 0.176. The largest absolute Gasteiger partial charge is 0.493 e. The number of para-hydroxylation sites is 2. The van der Waals surface area contributed by atoms with Gasteiger partial charge in [0.15, 0.2) is 18.1 Å². The zero-order valence-electron chi connectivity index (χ0n) is 20.4. The molecule has 0 aliphatic heterocycles. The molecule has 10 nitrogen and oxygen atoms in total. The molecule has 0 aromatic heterocycles. The molecule has 0 atom stereocenters. The van der Waals surface area contributed by atoms with Gasteiger partial charge in [0.25, 0.3) is 5.91 Å². The molecule has 198 valence electrons. The van der Waals surface area contributed by atoms with E-state index in [9.17, 15) is 14.4 Å². The Hall–Kier alpha value is -4.09. The Labute approximate surface area is 232 Å². The van der Waals surface area contributed by atoms with Crippen LogP contribution < -0.4 is 30.3 Å². The van der Waals surface area contributed by atoms with Crippen LogP contribution in [0.2, 0.25) is 5.02 Å². The van der Waals surface area contributed by atoms with Gasteiger partial charge in [-0.3, -0.25) is 14.4 Å². The van der Waals surface area contributed by atoms with E-state index in [0.29, 0.717) is 50.3 Å². The Kier molecular flexibility index (Phi) is 10.5. The highest BCUT2D eigenvalue weighted by atomic mass is 79.9. The third kappa shape index (κ3) is 8.22. The molecule has 0 saturated carbocycles. The summed E-state index contributed by atoms with van der Waals surface area (Å²) in [6.07, 6.45) is 1.32. The van der Waals surface area contributed by atoms with E-state index in [2.05, 4.69) is 37.1 Å². The molecule has 0 radical (unpaired) electrons. The Balaban J connectivity index is 1.58. The number of nitrogens with zero attached hydrogens (tertiary/aromatic N) is 1. The Bertz CT molecular complexity index is 1330. The maximum Gasteiger partial charge on any atom is 0.329 e. The Morgan fingerprint density at radius 2 is 1.71 bits per heavy atom. The van der Waals surface area contributed by atoms with Crippen molar-refractivity contribution in [3.63, 3.8) is 0 Å². The van der Waals surface area contributed by atoms with Crippen LogP contribution in [-0.2, 0) is 14.4 Å². The molecule has 3 N–H and O–H groups in total. The first-order valence-electron chi connectivity index (χ1n) is 11.2. The molecule has 0 bridgehead atoms. The summed E-state index contributed by atoms with van der Waals surface area (Å²) in [4.78, 5) is 36.7. The molecule has 0 aliphatic carbocycles. The van der Waals surface area contributed by atoms with Crippen molar-refractivity contribution in [2.45, 2.75) is 6.92 Å². The molecular formula is C26H24BrClN4O6. The van der Waals surface area contributed by atoms with E-state index in [1.165, 1.54) is 13.3 Å². The fourth-order valence-corrected chi connectivity index (χ4v) is 3.77. The maximum absolute atomic E-state index is 12.2. The van der Waals surface area contributed by atoms with E-state index >= 15 is 0 Å². The van der Waals surface area contributed by atoms with Crippen molar-refractivity contribution in [3.05, 3.63) is 75.7 Å². The maximum atomic E-state index is 12.2. The van der Waals surface area contributed by atoms with Gasteiger partial charge in [-0.1, -0.05) is 23.7 Å². The molecule has 0 heterocycles. The van der Waals surface area contributed by atoms with Crippen molar-refractivity contribution in [3.8, 4) is 17.2 Å². The number of carbonyl (C=O) groups is 3. The third-order valence-corrected chi connectivity index (χ3v) is 5.59. The highest BCUT2D eigenvalue weighted by molar-refractivity contribution is 9.10. The molecule has 3 aromatic carbocycles. The van der Waals surface area contributed by atoms with E-state index in [-0.39, 0.29) is 12.5 Å². The first kappa shape index (κ1) is 28.5. The third-order valence-electron chi connectivity index (χ3n) is 4.75. The molecule has 12 heteroatoms. The topological polar surface area (TPSA) is 127 Å². The predicted octanol–water partition coefficient (Wildman–Crippen LogP) is 4.62. The van der Waals surface area contributed by atoms with E-state index < -0.39 is 11.8 Å². The van der Waals surface area contributed by atoms with Crippen molar-refractivity contribution in [2.24, 2.45) is 5.10 Å². The first-order chi connectivity index (χ1) is 18.3. The monoisotopic (exact) mass is 602 g/mol. The SMILES string of the molecule is CCOc1ccccc1NC(=O)C(=O)N/N=C\c1cc(Br)c(OCC(=O)Nc2ccc(Cl)cc2)c(OC)c1. The van der Waals surface area contributed by atoms with E-state index in [4.69, 9.17) is 25.8 Å². The number of halogens is 2. The van der Waals surface area contributed by atoms with Crippen molar-refractivity contribution in [1.29, 1.82) is 0 Å². The predicted molar refractivity (Wildman–Crippen MR) is 148 cm³/mol. The second kappa shape index (κ2) is 14.0. The van der Waals surface area contributed by atoms with Gasteiger partial charge in [-0.05, 0) is 76.9 Å². The zero-order valence-corrected chi connectivity index (χ0v) is 22.8. The number of hydrogen-bond acceptors (Lipinski definition) is 7. The van der Waals surface area contributed by atoms with Crippen LogP contribution in [-0.4, -0.2) is 44.3 Å². The molecule has 0 aliphatic rings. The van der Waals surface area contributed by atoms with Crippen LogP contribution in [0.25, 0.3) is 0 Å². The van der Waals surface area contributed by atoms with Crippen molar-refractivity contribution in [2.75, 3.05) is 31.0 Å². The number of ether oxygens (including phenoxy) is 3. The Morgan fingerprint density at radius 1 is 0.974 bits per heavy atom. The van der Waals surface area contributed by atoms with Crippen molar-refractivity contribution in [1.82, 2.24) is 5.43 Å². The summed E-state index contributed by atoms with van der Waals surface area (Å²) in [6.45, 7) is 1.94. The molecule has 0 fully saturated rings. The summed E-state index contributed by atoms with van der Waals surface area (Å²) in [5.41, 5.74) is 3.64. The second-order valence-electron chi connectivity index (χ2n) is 7.46. The molecule has 0 spiro atoms. The van der Waals surface area contributed by atoms with Crippen molar-refractivity contribution < 1.29 is 28.6 Å². The molecule has 0 unspecified atom stereocenters. The fraction of sp³-hybridized carbons (Fsp3) is 0.154. The van der Waals surface area contributed by atoms with Gasteiger partial charge in [-0.2, -0.15) is 5.10 Å². The Morgan fingerprint density at radius 3 is 2.42 bits per heavy atom. The normalized spacial score (nSPS) is 10.5. The standard InChI is InChI=1S/C26H24BrClN4O6/c1-3-37-21-7-5-4-6-20(21)31-25(34)26(35)32-29-14-16-12-19(27)24(22(13-16)36-2)38-15-23(33)30-18-10-8-17(28)9-11-18/h4-14H,3,15H2,1-2H3,(H,30,33)(H,31,34)(H,32,35)/b29-14-. The van der Waals surface area contributed by atoms with Crippen LogP contribution in [0.1, 0.15) is 12.5 Å². The molecule has 3 rings (SSSR count). The molecule has 3 aromatic rings. The number of anilines is 2. The number of rotatable bonds is 10. The van der Waals surface area contributed by atoms with Gasteiger partial charge < -0.3 is 24.8 Å². The highest BCUT2D eigenvalue weighted by Gasteiger charge is 2.16. The molecule has 0 saturated heterocycles. The number of benzene rings is 3. The van der Waals surface area contributed by atoms with Gasteiger partial charge >= 0.3 is 11.8 Å². The lowest BCUT2D eigenvalue weighted by atomic mass is 10.2. The summed E-state index contributed by atoms with van der Waals surface area (Å²) < 4.78 is 16.9. The minimum absolute atomic E-state index is 0.275. The molecule has 3 amide bonds. The van der Waals surface area contributed by atoms with E-state index in [0.717, 1.165) is 0 Å². The number of methoxy groups -OCH3 is 1. The molecule has 38 heavy (non-hydrogen) atoms. The number of nitrogens with one attached hydrogen (secondary N) is 3. The number of hydrazone groups is 1. The van der Waals surface area contributed by atoms with Gasteiger partial charge in [0.1, 0.15) is 5.75 Å². The average molecular weight is 604 g/mol. The smallest absolute Gasteiger partial charge is 0.329 e. The minimum Gasteiger partial charge on any atom is -0.493 e. The second-order valence-corrected chi connectivity index (χ2v) is 8.75. The van der Waals surface area contributed by atoms with Gasteiger partial charge in [0, 0.05) is 10.7 Å². The van der Waals surface area contributed by atoms with Crippen molar-refractivity contribution >= 4 is 62.8 Å². The van der Waals surface area contributed by atoms with Crippen LogP contribution in [0.4, 0.5) is 11.4 Å². The summed E-state index contributed by atoms with van der Waals surface area (Å²) in [5.74, 6) is -1.19. The van der Waals surface area contributed by atoms with Gasteiger partial charge in [-0.25, -0.2) is 5.43 Å². The summed E-state index contributed by atoms with van der Waals surface area (Å²) in [7, 11) is 1.44. The van der Waals surface area contributed by atoms with Crippen LogP contribution in [0.15, 0.2) is 70.2 Å². The van der Waals surface area contributed by atoms with Gasteiger partial charge in [0.2, 0.25) is 0 Å². The fourth-order valence-electron chi connectivity index (χ4n) is 3.07. The van der Waals surface area contributed by atoms with Gasteiger partial charge in [0.05, 0.1) is 30.1 Å². The average Bonchev–Trinajstić information content (AvgIpc) is 2.90. The zero-order chi connectivity index (χ0) is 27.5. The lowest BCUT2D eigenvalue weighted by molar-refractivity contribution is -0.136. The van der Waals surface area contributed by atoms with Crippen LogP contribution in [0.5, 0.6) is 17.2 Å². The number of carbonyl (C=O) groups excluding carboxylic acids is 3. The number of hydrogen-bond donors (Lipinski definition) is 3. The summed E-state index contributed by atoms with van der Waals surface area (Å²) in [5, 5.41) is 9.57. The summed E-state index contributed by atoms with van der Waals surface area (Å²) >= 11 is 9.24. The lowest BCUT2D eigenvalue weighted by Gasteiger charge is -2.13. The summed E-state index contributed by atoms with van der Waals surface area (Å²) in [6, 6.07) is 16.7. The molecular weight excluding hydrogens is 580 g/mol. The van der Waals surface area contributed by atoms with Gasteiger partial charge in [-0.15, -0.1) is 0 Å². The van der Waals surface area contributed by atoms with E-state index in [1.807, 2.05) is 6.92 Å². The lowest BCUT2D eigenvalue weighted by Crippen LogP contribution is -2.32. The van der Waals surface area contributed by atoms with E-state index in [1.54, 1.807) is 60.7 Å². The van der Waals surface area contributed by atoms with Crippen LogP contribution in [0.3, 0.4) is 0 Å². The number of amides is 3. The minimum atomic E-state index is -0.967. The first-order valence-corrected chi connectivity index (χ1v) is 12.4.